The van der Waals surface area contributed by atoms with Gasteiger partial charge < -0.3 is 15.8 Å². The topological polar surface area (TPSA) is 90.1 Å². The molecule has 1 aromatic carbocycles. The summed E-state index contributed by atoms with van der Waals surface area (Å²) in [7, 11) is 0. The molecular formula is C22H24N4O2S2. The summed E-state index contributed by atoms with van der Waals surface area (Å²) in [5.41, 5.74) is 8.66. The summed E-state index contributed by atoms with van der Waals surface area (Å²) in [6.45, 7) is 2.90. The lowest BCUT2D eigenvalue weighted by molar-refractivity contribution is -0.119. The van der Waals surface area contributed by atoms with Crippen LogP contribution < -0.4 is 15.8 Å². The lowest BCUT2D eigenvalue weighted by atomic mass is 9.89. The van der Waals surface area contributed by atoms with E-state index in [9.17, 15) is 4.79 Å². The predicted molar refractivity (Wildman–Crippen MR) is 121 cm³/mol. The molecule has 0 spiro atoms. The number of hydrogen-bond donors (Lipinski definition) is 2. The second-order valence-electron chi connectivity index (χ2n) is 8.01. The molecule has 0 saturated carbocycles. The van der Waals surface area contributed by atoms with Gasteiger partial charge in [0, 0.05) is 16.9 Å². The fourth-order valence-corrected chi connectivity index (χ4v) is 6.38. The van der Waals surface area contributed by atoms with E-state index in [1.165, 1.54) is 28.6 Å². The molecule has 0 unspecified atom stereocenters. The summed E-state index contributed by atoms with van der Waals surface area (Å²) >= 11 is 3.06. The molecular weight excluding hydrogens is 416 g/mol. The van der Waals surface area contributed by atoms with Crippen LogP contribution in [0, 0.1) is 5.92 Å². The van der Waals surface area contributed by atoms with Crippen LogP contribution in [0.2, 0.25) is 0 Å². The van der Waals surface area contributed by atoms with Crippen LogP contribution in [0.4, 0.5) is 5.82 Å². The summed E-state index contributed by atoms with van der Waals surface area (Å²) in [5.74, 6) is 2.30. The molecule has 0 saturated heterocycles. The molecule has 2 aromatic heterocycles. The van der Waals surface area contributed by atoms with Crippen LogP contribution in [0.1, 0.15) is 41.8 Å². The number of rotatable bonds is 4. The Morgan fingerprint density at radius 2 is 2.20 bits per heavy atom. The maximum Gasteiger partial charge on any atom is 0.230 e. The van der Waals surface area contributed by atoms with E-state index in [4.69, 9.17) is 15.5 Å². The van der Waals surface area contributed by atoms with Gasteiger partial charge >= 0.3 is 0 Å². The number of nitrogens with one attached hydrogen (secondary N) is 1. The van der Waals surface area contributed by atoms with Gasteiger partial charge in [-0.1, -0.05) is 36.9 Å². The average Bonchev–Trinajstić information content (AvgIpc) is 3.10. The summed E-state index contributed by atoms with van der Waals surface area (Å²) in [5, 5.41) is 4.70. The van der Waals surface area contributed by atoms with Gasteiger partial charge in [-0.05, 0) is 36.8 Å². The van der Waals surface area contributed by atoms with Gasteiger partial charge in [0.25, 0.3) is 0 Å². The number of ether oxygens (including phenoxy) is 1. The highest BCUT2D eigenvalue weighted by molar-refractivity contribution is 7.99. The molecule has 5 rings (SSSR count). The highest BCUT2D eigenvalue weighted by Crippen LogP contribution is 2.40. The lowest BCUT2D eigenvalue weighted by Gasteiger charge is -2.26. The van der Waals surface area contributed by atoms with E-state index < -0.39 is 0 Å². The SMILES string of the molecule is C[C@@H]1CCc2c(sc3nc(SCC(=O)N[C@@H]4CCOc5ccccc54)nc(N)c23)C1. The van der Waals surface area contributed by atoms with Crippen LogP contribution in [0.15, 0.2) is 29.4 Å². The lowest BCUT2D eigenvalue weighted by Crippen LogP contribution is -2.33. The first-order chi connectivity index (χ1) is 14.6. The van der Waals surface area contributed by atoms with Crippen LogP contribution in [0.5, 0.6) is 5.75 Å². The number of aryl methyl sites for hydroxylation is 1. The number of carbonyl (C=O) groups is 1. The van der Waals surface area contributed by atoms with Crippen LogP contribution in [-0.4, -0.2) is 28.2 Å². The number of amides is 1. The van der Waals surface area contributed by atoms with Crippen molar-refractivity contribution in [1.29, 1.82) is 0 Å². The summed E-state index contributed by atoms with van der Waals surface area (Å²) < 4.78 is 5.67. The van der Waals surface area contributed by atoms with Gasteiger partial charge in [-0.15, -0.1) is 11.3 Å². The Morgan fingerprint density at radius 1 is 1.33 bits per heavy atom. The van der Waals surface area contributed by atoms with Gasteiger partial charge in [0.15, 0.2) is 5.16 Å². The van der Waals surface area contributed by atoms with Crippen molar-refractivity contribution in [2.45, 2.75) is 43.8 Å². The molecule has 0 bridgehead atoms. The first-order valence-corrected chi connectivity index (χ1v) is 12.1. The monoisotopic (exact) mass is 440 g/mol. The number of aromatic nitrogens is 2. The van der Waals surface area contributed by atoms with E-state index in [1.807, 2.05) is 24.3 Å². The van der Waals surface area contributed by atoms with Gasteiger partial charge in [-0.3, -0.25) is 4.79 Å². The summed E-state index contributed by atoms with van der Waals surface area (Å²) in [6, 6.07) is 7.83. The third-order valence-corrected chi connectivity index (χ3v) is 7.78. The van der Waals surface area contributed by atoms with Gasteiger partial charge in [0.05, 0.1) is 23.8 Å². The largest absolute Gasteiger partial charge is 0.493 e. The van der Waals surface area contributed by atoms with Gasteiger partial charge in [0.2, 0.25) is 5.91 Å². The minimum Gasteiger partial charge on any atom is -0.493 e. The molecule has 6 nitrogen and oxygen atoms in total. The quantitative estimate of drug-likeness (QED) is 0.468. The molecule has 2 atom stereocenters. The number of nitrogen functional groups attached to an aromatic ring is 1. The molecule has 3 heterocycles. The first kappa shape index (κ1) is 19.6. The molecule has 30 heavy (non-hydrogen) atoms. The van der Waals surface area contributed by atoms with E-state index in [1.54, 1.807) is 11.3 Å². The minimum absolute atomic E-state index is 0.0254. The van der Waals surface area contributed by atoms with Crippen molar-refractivity contribution < 1.29 is 9.53 Å². The van der Waals surface area contributed by atoms with Crippen molar-refractivity contribution in [2.75, 3.05) is 18.1 Å². The Balaban J connectivity index is 1.28. The number of para-hydroxylation sites is 1. The molecule has 0 fully saturated rings. The first-order valence-electron chi connectivity index (χ1n) is 10.3. The number of carbonyl (C=O) groups excluding carboxylic acids is 1. The molecule has 0 radical (unpaired) electrons. The molecule has 8 heteroatoms. The smallest absolute Gasteiger partial charge is 0.230 e. The van der Waals surface area contributed by atoms with E-state index in [0.717, 1.165) is 40.8 Å². The predicted octanol–water partition coefficient (Wildman–Crippen LogP) is 4.13. The van der Waals surface area contributed by atoms with Crippen molar-refractivity contribution >= 4 is 45.0 Å². The molecule has 2 aliphatic rings. The third kappa shape index (κ3) is 3.74. The molecule has 3 N–H and O–H groups in total. The van der Waals surface area contributed by atoms with Crippen LogP contribution >= 0.6 is 23.1 Å². The van der Waals surface area contributed by atoms with Crippen molar-refractivity contribution in [1.82, 2.24) is 15.3 Å². The Hall–Kier alpha value is -2.32. The second kappa shape index (κ2) is 8.07. The second-order valence-corrected chi connectivity index (χ2v) is 10.0. The summed E-state index contributed by atoms with van der Waals surface area (Å²) in [4.78, 5) is 24.1. The van der Waals surface area contributed by atoms with Crippen LogP contribution in [-0.2, 0) is 17.6 Å². The van der Waals surface area contributed by atoms with E-state index >= 15 is 0 Å². The Kier molecular flexibility index (Phi) is 5.28. The van der Waals surface area contributed by atoms with Gasteiger partial charge in [0.1, 0.15) is 16.4 Å². The zero-order valence-electron chi connectivity index (χ0n) is 16.8. The summed E-state index contributed by atoms with van der Waals surface area (Å²) in [6.07, 6.45) is 4.09. The van der Waals surface area contributed by atoms with Crippen LogP contribution in [0.25, 0.3) is 10.2 Å². The highest BCUT2D eigenvalue weighted by atomic mass is 32.2. The number of thiophene rings is 1. The van der Waals surface area contributed by atoms with Gasteiger partial charge in [-0.25, -0.2) is 9.97 Å². The van der Waals surface area contributed by atoms with E-state index in [-0.39, 0.29) is 17.7 Å². The fraction of sp³-hybridized carbons (Fsp3) is 0.409. The van der Waals surface area contributed by atoms with E-state index in [2.05, 4.69) is 17.2 Å². The average molecular weight is 441 g/mol. The Morgan fingerprint density at radius 3 is 3.10 bits per heavy atom. The minimum atomic E-state index is -0.0386. The number of anilines is 1. The van der Waals surface area contributed by atoms with E-state index in [0.29, 0.717) is 23.5 Å². The number of nitrogens with zero attached hydrogens (tertiary/aromatic N) is 2. The molecule has 1 amide bonds. The van der Waals surface area contributed by atoms with Crippen molar-refractivity contribution in [3.05, 3.63) is 40.3 Å². The molecule has 3 aromatic rings. The maximum atomic E-state index is 12.6. The van der Waals surface area contributed by atoms with Gasteiger partial charge in [-0.2, -0.15) is 0 Å². The standard InChI is InChI=1S/C22H24N4O2S2/c1-12-6-7-14-17(10-12)30-21-19(14)20(23)25-22(26-21)29-11-18(27)24-15-8-9-28-16-5-3-2-4-13(15)16/h2-5,12,15H,6-11H2,1H3,(H,24,27)(H2,23,25,26)/t12-,15-/m1/s1. The Bertz CT molecular complexity index is 1110. The number of nitrogens with two attached hydrogens (primary N) is 1. The zero-order valence-corrected chi connectivity index (χ0v) is 18.4. The maximum absolute atomic E-state index is 12.6. The van der Waals surface area contributed by atoms with Crippen molar-refractivity contribution in [3.63, 3.8) is 0 Å². The fourth-order valence-electron chi connectivity index (χ4n) is 4.27. The molecule has 1 aliphatic heterocycles. The van der Waals surface area contributed by atoms with Crippen molar-refractivity contribution in [3.8, 4) is 5.75 Å². The number of fused-ring (bicyclic) bond motifs is 4. The molecule has 156 valence electrons. The zero-order chi connectivity index (χ0) is 20.7. The Labute approximate surface area is 183 Å². The highest BCUT2D eigenvalue weighted by Gasteiger charge is 2.25. The van der Waals surface area contributed by atoms with Crippen molar-refractivity contribution in [2.24, 2.45) is 5.92 Å². The number of thioether (sulfide) groups is 1. The number of benzene rings is 1. The third-order valence-electron chi connectivity index (χ3n) is 5.79. The normalized spacial score (nSPS) is 20.3. The number of hydrogen-bond acceptors (Lipinski definition) is 7. The van der Waals surface area contributed by atoms with Crippen LogP contribution in [0.3, 0.4) is 0 Å². The molecule has 1 aliphatic carbocycles.